The second-order valence-electron chi connectivity index (χ2n) is 21.5. The summed E-state index contributed by atoms with van der Waals surface area (Å²) in [4.78, 5) is 2.55. The van der Waals surface area contributed by atoms with E-state index in [0.29, 0.717) is 0 Å². The summed E-state index contributed by atoms with van der Waals surface area (Å²) in [7, 11) is 0. The first kappa shape index (κ1) is 44.6. The Labute approximate surface area is 463 Å². The maximum atomic E-state index is 2.55. The van der Waals surface area contributed by atoms with Crippen LogP contribution in [0.3, 0.4) is 0 Å². The van der Waals surface area contributed by atoms with Crippen molar-refractivity contribution in [3.8, 4) is 55.9 Å². The smallest absolute Gasteiger partial charge is 0.0755 e. The van der Waals surface area contributed by atoms with Gasteiger partial charge in [-0.2, -0.15) is 0 Å². The Morgan fingerprint density at radius 2 is 0.787 bits per heavy atom. The predicted molar refractivity (Wildman–Crippen MR) is 334 cm³/mol. The summed E-state index contributed by atoms with van der Waals surface area (Å²) in [5, 5.41) is 7.51. The number of benzene rings is 13. The lowest BCUT2D eigenvalue weighted by molar-refractivity contribution is 0.748. The van der Waals surface area contributed by atoms with Gasteiger partial charge in [-0.05, 0) is 127 Å². The van der Waals surface area contributed by atoms with Crippen LogP contribution in [0.1, 0.15) is 22.3 Å². The maximum Gasteiger partial charge on any atom is 0.0755 e. The third-order valence-corrected chi connectivity index (χ3v) is 17.5. The molecule has 2 aromatic heterocycles. The molecular formula is C77H49N3. The highest BCUT2D eigenvalue weighted by atomic mass is 15.1. The zero-order valence-corrected chi connectivity index (χ0v) is 43.6. The number of anilines is 3. The van der Waals surface area contributed by atoms with Crippen molar-refractivity contribution in [2.45, 2.75) is 5.41 Å². The first-order valence-electron chi connectivity index (χ1n) is 27.8. The van der Waals surface area contributed by atoms with Crippen LogP contribution in [-0.2, 0) is 5.41 Å². The Kier molecular flexibility index (Phi) is 9.63. The normalized spacial score (nSPS) is 14.1. The Hall–Kier alpha value is -10.5. The molecule has 13 aromatic carbocycles. The molecule has 17 rings (SSSR count). The number of rotatable bonds is 7. The van der Waals surface area contributed by atoms with Crippen molar-refractivity contribution in [2.24, 2.45) is 0 Å². The van der Waals surface area contributed by atoms with Crippen LogP contribution in [0.2, 0.25) is 0 Å². The van der Waals surface area contributed by atoms with Crippen molar-refractivity contribution in [2.75, 3.05) is 4.90 Å². The monoisotopic (exact) mass is 1020 g/mol. The molecule has 1 atom stereocenters. The second-order valence-corrected chi connectivity index (χ2v) is 21.5. The van der Waals surface area contributed by atoms with E-state index in [2.05, 4.69) is 311 Å². The topological polar surface area (TPSA) is 13.1 Å². The van der Waals surface area contributed by atoms with E-state index in [-0.39, 0.29) is 0 Å². The number of para-hydroxylation sites is 6. The number of nitrogens with zero attached hydrogens (tertiary/aromatic N) is 3. The average Bonchev–Trinajstić information content (AvgIpc) is 4.29. The summed E-state index contributed by atoms with van der Waals surface area (Å²) in [6, 6.07) is 111. The molecule has 0 saturated heterocycles. The quantitative estimate of drug-likeness (QED) is 0.155. The summed E-state index contributed by atoms with van der Waals surface area (Å²) in [6.45, 7) is 0. The van der Waals surface area contributed by atoms with Gasteiger partial charge in [0, 0.05) is 44.0 Å². The Morgan fingerprint density at radius 3 is 1.56 bits per heavy atom. The van der Waals surface area contributed by atoms with Gasteiger partial charge in [-0.25, -0.2) is 0 Å². The molecule has 2 aliphatic rings. The molecule has 3 heteroatoms. The number of hydrogen-bond acceptors (Lipinski definition) is 1. The predicted octanol–water partition coefficient (Wildman–Crippen LogP) is 20.2. The van der Waals surface area contributed by atoms with E-state index in [0.717, 1.165) is 39.4 Å². The van der Waals surface area contributed by atoms with Gasteiger partial charge in [-0.3, -0.25) is 0 Å². The van der Waals surface area contributed by atoms with E-state index in [4.69, 9.17) is 0 Å². The van der Waals surface area contributed by atoms with Crippen molar-refractivity contribution >= 4 is 71.4 Å². The molecule has 0 fully saturated rings. The van der Waals surface area contributed by atoms with E-state index in [1.165, 1.54) is 110 Å². The first-order chi connectivity index (χ1) is 39.7. The number of fused-ring (bicyclic) bond motifs is 16. The van der Waals surface area contributed by atoms with Gasteiger partial charge < -0.3 is 14.0 Å². The summed E-state index contributed by atoms with van der Waals surface area (Å²) >= 11 is 0. The van der Waals surface area contributed by atoms with Crippen LogP contribution >= 0.6 is 0 Å². The maximum absolute atomic E-state index is 2.55. The molecule has 1 aliphatic carbocycles. The van der Waals surface area contributed by atoms with Crippen molar-refractivity contribution in [1.29, 1.82) is 0 Å². The molecule has 0 N–H and O–H groups in total. The minimum Gasteiger partial charge on any atom is -0.309 e. The molecule has 0 bridgehead atoms. The number of hydrogen-bond donors (Lipinski definition) is 0. The van der Waals surface area contributed by atoms with Crippen LogP contribution < -0.4 is 4.90 Å². The van der Waals surface area contributed by atoms with Gasteiger partial charge in [-0.1, -0.05) is 237 Å². The summed E-state index contributed by atoms with van der Waals surface area (Å²) < 4.78 is 4.93. The number of aromatic nitrogens is 2. The van der Waals surface area contributed by atoms with E-state index < -0.39 is 5.41 Å². The summed E-state index contributed by atoms with van der Waals surface area (Å²) in [6.07, 6.45) is 0. The van der Waals surface area contributed by atoms with Gasteiger partial charge in [0.05, 0.1) is 44.5 Å². The van der Waals surface area contributed by atoms with E-state index in [9.17, 15) is 0 Å². The summed E-state index contributed by atoms with van der Waals surface area (Å²) in [5.74, 6) is 0. The van der Waals surface area contributed by atoms with E-state index in [1.54, 1.807) is 0 Å². The van der Waals surface area contributed by atoms with Crippen LogP contribution in [-0.4, -0.2) is 9.13 Å². The molecule has 1 unspecified atom stereocenters. The van der Waals surface area contributed by atoms with Gasteiger partial charge in [0.2, 0.25) is 0 Å². The molecule has 0 amide bonds. The molecule has 15 aromatic rings. The third kappa shape index (κ3) is 6.20. The molecule has 3 heterocycles. The van der Waals surface area contributed by atoms with Gasteiger partial charge in [0.25, 0.3) is 0 Å². The van der Waals surface area contributed by atoms with Crippen LogP contribution in [0.4, 0.5) is 17.1 Å². The lowest BCUT2D eigenvalue weighted by atomic mass is 9.65. The second kappa shape index (κ2) is 17.3. The lowest BCUT2D eigenvalue weighted by Gasteiger charge is -2.39. The van der Waals surface area contributed by atoms with Gasteiger partial charge in [0.15, 0.2) is 0 Å². The minimum absolute atomic E-state index is 0.611. The van der Waals surface area contributed by atoms with Gasteiger partial charge >= 0.3 is 0 Å². The molecule has 1 aliphatic heterocycles. The Balaban J connectivity index is 0.905. The van der Waals surface area contributed by atoms with Gasteiger partial charge in [0.1, 0.15) is 0 Å². The van der Waals surface area contributed by atoms with Gasteiger partial charge in [-0.15, -0.1) is 0 Å². The highest BCUT2D eigenvalue weighted by molar-refractivity contribution is 6.14. The molecule has 3 nitrogen and oxygen atoms in total. The highest BCUT2D eigenvalue weighted by Gasteiger charge is 2.51. The lowest BCUT2D eigenvalue weighted by Crippen LogP contribution is -2.33. The zero-order chi connectivity index (χ0) is 52.5. The zero-order valence-electron chi connectivity index (χ0n) is 43.6. The molecule has 1 spiro atoms. The SMILES string of the molecule is c1cc(-c2ccc(N(c3ccccc3-c3ccccc3-c3cccc4ccccc34)c3cccc4c3-c3ccccc3C43c4ccccc4-n4c5ccccc5c5cccc3c54)cc2)cc(-n2c3ccccc3c3ccccc32)c1. The van der Waals surface area contributed by atoms with Crippen molar-refractivity contribution < 1.29 is 0 Å². The van der Waals surface area contributed by atoms with Crippen LogP contribution in [0, 0.1) is 0 Å². The summed E-state index contributed by atoms with van der Waals surface area (Å²) in [5.41, 5.74) is 24.6. The fraction of sp³-hybridized carbons (Fsp3) is 0.0130. The fourth-order valence-corrected chi connectivity index (χ4v) is 14.3. The van der Waals surface area contributed by atoms with Crippen molar-refractivity contribution in [3.05, 3.63) is 320 Å². The molecular weight excluding hydrogens is 967 g/mol. The van der Waals surface area contributed by atoms with Crippen LogP contribution in [0.15, 0.2) is 297 Å². The Bertz CT molecular complexity index is 4980. The molecule has 0 radical (unpaired) electrons. The third-order valence-electron chi connectivity index (χ3n) is 17.5. The largest absolute Gasteiger partial charge is 0.309 e. The standard InChI is InChI=1S/C77H49N3/c1-2-25-55-51(21-1)22-18-33-56(55)57-26-3-4-27-58(57)59-28-6-12-39-69(59)78(53-47-45-50(46-48-53)52-23-17-24-54(49-52)79-70-40-13-7-29-60(70)61-30-8-14-41-71(61)79)74-44-20-37-67-75(74)64-32-5-10-35-65(64)77(67)66-36-11-16-43-73(66)80-72-42-15-9-31-62(72)63-34-19-38-68(77)76(63)80/h1-49H. The van der Waals surface area contributed by atoms with Crippen molar-refractivity contribution in [3.63, 3.8) is 0 Å². The van der Waals surface area contributed by atoms with Crippen LogP contribution in [0.25, 0.3) is 110 Å². The molecule has 372 valence electrons. The first-order valence-corrected chi connectivity index (χ1v) is 27.8. The average molecular weight is 1020 g/mol. The molecule has 80 heavy (non-hydrogen) atoms. The van der Waals surface area contributed by atoms with E-state index in [1.807, 2.05) is 0 Å². The van der Waals surface area contributed by atoms with Crippen molar-refractivity contribution in [1.82, 2.24) is 9.13 Å². The highest BCUT2D eigenvalue weighted by Crippen LogP contribution is 2.63. The Morgan fingerprint density at radius 1 is 0.287 bits per heavy atom. The van der Waals surface area contributed by atoms with E-state index >= 15 is 0 Å². The molecule has 0 saturated carbocycles. The minimum atomic E-state index is -0.611. The van der Waals surface area contributed by atoms with Crippen LogP contribution in [0.5, 0.6) is 0 Å². The fourth-order valence-electron chi connectivity index (χ4n) is 14.3.